The molecule has 0 bridgehead atoms. The molecule has 0 amide bonds. The Balaban J connectivity index is 2.43. The third kappa shape index (κ3) is 2.09. The molecule has 0 saturated carbocycles. The number of methoxy groups -OCH3 is 1. The summed E-state index contributed by atoms with van der Waals surface area (Å²) in [6.45, 7) is 0. The zero-order valence-corrected chi connectivity index (χ0v) is 12.9. The Morgan fingerprint density at radius 3 is 2.71 bits per heavy atom. The van der Waals surface area contributed by atoms with Gasteiger partial charge in [0.1, 0.15) is 28.7 Å². The van der Waals surface area contributed by atoms with Crippen molar-refractivity contribution in [3.8, 4) is 16.9 Å². The fourth-order valence-corrected chi connectivity index (χ4v) is 2.80. The van der Waals surface area contributed by atoms with Crippen LogP contribution in [0.25, 0.3) is 22.2 Å². The molecule has 0 aliphatic carbocycles. The standard InChI is InChI=1S/C14H12Cl2N4O/c1-20-12(16)10(11-13(17)18-6-19-14(11)20)8-5-7(21-2)3-4-9(8)15/h3-6H,1-2H3,(H2,17,18,19). The smallest absolute Gasteiger partial charge is 0.147 e. The van der Waals surface area contributed by atoms with E-state index in [0.717, 1.165) is 5.56 Å². The molecule has 0 fully saturated rings. The third-order valence-corrected chi connectivity index (χ3v) is 4.14. The van der Waals surface area contributed by atoms with E-state index < -0.39 is 0 Å². The molecular weight excluding hydrogens is 311 g/mol. The Bertz CT molecular complexity index is 845. The number of aryl methyl sites for hydroxylation is 1. The van der Waals surface area contributed by atoms with E-state index in [1.165, 1.54) is 6.33 Å². The molecular formula is C14H12Cl2N4O. The Morgan fingerprint density at radius 1 is 1.24 bits per heavy atom. The average Bonchev–Trinajstić information content (AvgIpc) is 2.74. The molecule has 7 heteroatoms. The summed E-state index contributed by atoms with van der Waals surface area (Å²) in [5.74, 6) is 1.04. The molecule has 0 radical (unpaired) electrons. The average molecular weight is 323 g/mol. The lowest BCUT2D eigenvalue weighted by atomic mass is 10.1. The van der Waals surface area contributed by atoms with Gasteiger partial charge in [-0.25, -0.2) is 9.97 Å². The number of hydrogen-bond acceptors (Lipinski definition) is 4. The van der Waals surface area contributed by atoms with Crippen molar-refractivity contribution in [1.29, 1.82) is 0 Å². The lowest BCUT2D eigenvalue weighted by Crippen LogP contribution is -1.94. The minimum Gasteiger partial charge on any atom is -0.497 e. The number of halogens is 2. The number of rotatable bonds is 2. The van der Waals surface area contributed by atoms with E-state index in [-0.39, 0.29) is 0 Å². The molecule has 2 aromatic heterocycles. The number of nitrogen functional groups attached to an aromatic ring is 1. The van der Waals surface area contributed by atoms with Crippen molar-refractivity contribution < 1.29 is 4.74 Å². The predicted molar refractivity (Wildman–Crippen MR) is 84.9 cm³/mol. The highest BCUT2D eigenvalue weighted by Crippen LogP contribution is 2.42. The number of fused-ring (bicyclic) bond motifs is 1. The molecule has 1 aromatic carbocycles. The van der Waals surface area contributed by atoms with Crippen molar-refractivity contribution in [2.45, 2.75) is 0 Å². The quantitative estimate of drug-likeness (QED) is 0.783. The molecule has 108 valence electrons. The van der Waals surface area contributed by atoms with Crippen LogP contribution >= 0.6 is 23.2 Å². The van der Waals surface area contributed by atoms with Crippen molar-refractivity contribution in [3.05, 3.63) is 34.7 Å². The first kappa shape index (κ1) is 14.0. The van der Waals surface area contributed by atoms with Crippen LogP contribution in [0.1, 0.15) is 0 Å². The van der Waals surface area contributed by atoms with Crippen LogP contribution in [0.15, 0.2) is 24.5 Å². The van der Waals surface area contributed by atoms with Crippen LogP contribution in [0.5, 0.6) is 5.75 Å². The maximum Gasteiger partial charge on any atom is 0.147 e. The van der Waals surface area contributed by atoms with Crippen molar-refractivity contribution in [2.75, 3.05) is 12.8 Å². The van der Waals surface area contributed by atoms with Crippen LogP contribution in [-0.4, -0.2) is 21.6 Å². The summed E-state index contributed by atoms with van der Waals surface area (Å²) in [6.07, 6.45) is 1.41. The van der Waals surface area contributed by atoms with Gasteiger partial charge in [-0.2, -0.15) is 0 Å². The number of anilines is 1. The zero-order valence-electron chi connectivity index (χ0n) is 11.4. The Hall–Kier alpha value is -1.98. The van der Waals surface area contributed by atoms with Gasteiger partial charge in [0.15, 0.2) is 0 Å². The molecule has 0 saturated heterocycles. The summed E-state index contributed by atoms with van der Waals surface area (Å²) in [7, 11) is 3.41. The molecule has 0 atom stereocenters. The minimum atomic E-state index is 0.358. The van der Waals surface area contributed by atoms with E-state index in [1.807, 2.05) is 13.1 Å². The van der Waals surface area contributed by atoms with Crippen LogP contribution in [0, 0.1) is 0 Å². The van der Waals surface area contributed by atoms with Gasteiger partial charge in [0.05, 0.1) is 12.5 Å². The second-order valence-corrected chi connectivity index (χ2v) is 5.29. The molecule has 3 rings (SSSR count). The Morgan fingerprint density at radius 2 is 2.00 bits per heavy atom. The maximum atomic E-state index is 6.45. The van der Waals surface area contributed by atoms with Crippen LogP contribution in [0.4, 0.5) is 5.82 Å². The van der Waals surface area contributed by atoms with E-state index in [0.29, 0.717) is 38.3 Å². The maximum absolute atomic E-state index is 6.45. The molecule has 3 aromatic rings. The van der Waals surface area contributed by atoms with Crippen LogP contribution in [0.2, 0.25) is 10.2 Å². The van der Waals surface area contributed by atoms with E-state index in [9.17, 15) is 0 Å². The molecule has 2 heterocycles. The van der Waals surface area contributed by atoms with Crippen molar-refractivity contribution in [2.24, 2.45) is 7.05 Å². The van der Waals surface area contributed by atoms with Gasteiger partial charge < -0.3 is 15.0 Å². The zero-order chi connectivity index (χ0) is 15.1. The fraction of sp³-hybridized carbons (Fsp3) is 0.143. The van der Waals surface area contributed by atoms with E-state index in [1.54, 1.807) is 23.8 Å². The number of nitrogens with zero attached hydrogens (tertiary/aromatic N) is 3. The summed E-state index contributed by atoms with van der Waals surface area (Å²) in [5.41, 5.74) is 8.09. The molecule has 0 aliphatic heterocycles. The summed E-state index contributed by atoms with van der Waals surface area (Å²) in [6, 6.07) is 5.35. The number of benzene rings is 1. The third-order valence-electron chi connectivity index (χ3n) is 3.37. The molecule has 2 N–H and O–H groups in total. The van der Waals surface area contributed by atoms with Crippen molar-refractivity contribution >= 4 is 40.1 Å². The van der Waals surface area contributed by atoms with Gasteiger partial charge >= 0.3 is 0 Å². The highest BCUT2D eigenvalue weighted by molar-refractivity contribution is 6.38. The topological polar surface area (TPSA) is 66.0 Å². The molecule has 0 unspecified atom stereocenters. The summed E-state index contributed by atoms with van der Waals surface area (Å²) < 4.78 is 7.00. The summed E-state index contributed by atoms with van der Waals surface area (Å²) in [5, 5.41) is 1.72. The normalized spacial score (nSPS) is 11.0. The lowest BCUT2D eigenvalue weighted by Gasteiger charge is -2.07. The van der Waals surface area contributed by atoms with Crippen molar-refractivity contribution in [1.82, 2.24) is 14.5 Å². The van der Waals surface area contributed by atoms with E-state index >= 15 is 0 Å². The minimum absolute atomic E-state index is 0.358. The molecule has 5 nitrogen and oxygen atoms in total. The van der Waals surface area contributed by atoms with Gasteiger partial charge in [-0.3, -0.25) is 0 Å². The van der Waals surface area contributed by atoms with Crippen LogP contribution < -0.4 is 10.5 Å². The van der Waals surface area contributed by atoms with Gasteiger partial charge in [-0.05, 0) is 18.2 Å². The fourth-order valence-electron chi connectivity index (χ4n) is 2.32. The highest BCUT2D eigenvalue weighted by Gasteiger charge is 2.21. The first-order chi connectivity index (χ1) is 10.0. The summed E-state index contributed by atoms with van der Waals surface area (Å²) in [4.78, 5) is 8.27. The van der Waals surface area contributed by atoms with E-state index in [2.05, 4.69) is 9.97 Å². The Kier molecular flexibility index (Phi) is 3.39. The van der Waals surface area contributed by atoms with Gasteiger partial charge in [0.2, 0.25) is 0 Å². The molecule has 21 heavy (non-hydrogen) atoms. The second kappa shape index (κ2) is 5.09. The number of nitrogens with two attached hydrogens (primary N) is 1. The predicted octanol–water partition coefficient (Wildman–Crippen LogP) is 3.53. The van der Waals surface area contributed by atoms with E-state index in [4.69, 9.17) is 33.7 Å². The first-order valence-corrected chi connectivity index (χ1v) is 6.88. The van der Waals surface area contributed by atoms with Gasteiger partial charge in [-0.1, -0.05) is 23.2 Å². The van der Waals surface area contributed by atoms with Crippen LogP contribution in [-0.2, 0) is 7.05 Å². The van der Waals surface area contributed by atoms with Gasteiger partial charge in [0.25, 0.3) is 0 Å². The van der Waals surface area contributed by atoms with Gasteiger partial charge in [-0.15, -0.1) is 0 Å². The second-order valence-electron chi connectivity index (χ2n) is 4.53. The SMILES string of the molecule is COc1ccc(Cl)c(-c2c(Cl)n(C)c3ncnc(N)c23)c1. The number of aromatic nitrogens is 3. The monoisotopic (exact) mass is 322 g/mol. The van der Waals surface area contributed by atoms with Gasteiger partial charge in [0, 0.05) is 23.2 Å². The van der Waals surface area contributed by atoms with Crippen LogP contribution in [0.3, 0.4) is 0 Å². The molecule has 0 aliphatic rings. The highest BCUT2D eigenvalue weighted by atomic mass is 35.5. The lowest BCUT2D eigenvalue weighted by molar-refractivity contribution is 0.415. The first-order valence-electron chi connectivity index (χ1n) is 6.13. The summed E-state index contributed by atoms with van der Waals surface area (Å²) >= 11 is 12.8. The van der Waals surface area contributed by atoms with Crippen molar-refractivity contribution in [3.63, 3.8) is 0 Å². The largest absolute Gasteiger partial charge is 0.497 e. The number of ether oxygens (including phenoxy) is 1. The number of hydrogen-bond donors (Lipinski definition) is 1. The Labute approximate surface area is 131 Å². The molecule has 0 spiro atoms.